The molecule has 0 saturated heterocycles. The van der Waals surface area contributed by atoms with Gasteiger partial charge in [-0.1, -0.05) is 0 Å². The molecule has 1 N–H and O–H groups in total. The number of fused-ring (bicyclic) bond motifs is 3. The van der Waals surface area contributed by atoms with E-state index in [-0.39, 0.29) is 5.43 Å². The molecule has 102 valence electrons. The maximum Gasteiger partial charge on any atom is 0.224 e. The van der Waals surface area contributed by atoms with Crippen molar-refractivity contribution in [1.29, 1.82) is 0 Å². The van der Waals surface area contributed by atoms with E-state index in [2.05, 4.69) is 44.4 Å². The molecule has 0 aliphatic carbocycles. The first-order valence-corrected chi connectivity index (χ1v) is 7.30. The number of aliphatic imine (C=N–C) groups is 1. The Hall–Kier alpha value is -1.94. The number of pyridine rings is 1. The van der Waals surface area contributed by atoms with Crippen LogP contribution in [0.2, 0.25) is 0 Å². The SMILES string of the molecule is C=Nc1c[nH]c2c(sc3c(C)c(C)c(C)c(C)c32)c1=O. The predicted molar refractivity (Wildman–Crippen MR) is 88.1 cm³/mol. The molecule has 0 amide bonds. The molecule has 0 atom stereocenters. The van der Waals surface area contributed by atoms with E-state index >= 15 is 0 Å². The molecule has 20 heavy (non-hydrogen) atoms. The second-order valence-corrected chi connectivity index (χ2v) is 6.19. The van der Waals surface area contributed by atoms with Crippen LogP contribution < -0.4 is 5.43 Å². The number of aryl methyl sites for hydroxylation is 2. The van der Waals surface area contributed by atoms with Gasteiger partial charge in [0.2, 0.25) is 5.43 Å². The van der Waals surface area contributed by atoms with Gasteiger partial charge in [-0.2, -0.15) is 0 Å². The Balaban J connectivity index is 2.66. The smallest absolute Gasteiger partial charge is 0.224 e. The fourth-order valence-corrected chi connectivity index (χ4v) is 4.04. The summed E-state index contributed by atoms with van der Waals surface area (Å²) in [5, 5.41) is 1.17. The van der Waals surface area contributed by atoms with Crippen LogP contribution in [0.4, 0.5) is 5.69 Å². The second kappa shape index (κ2) is 4.28. The molecule has 1 aromatic carbocycles. The zero-order valence-electron chi connectivity index (χ0n) is 12.0. The monoisotopic (exact) mass is 284 g/mol. The second-order valence-electron chi connectivity index (χ2n) is 5.17. The average Bonchev–Trinajstić information content (AvgIpc) is 2.84. The summed E-state index contributed by atoms with van der Waals surface area (Å²) in [6.07, 6.45) is 1.65. The molecule has 0 fully saturated rings. The summed E-state index contributed by atoms with van der Waals surface area (Å²) in [5.41, 5.74) is 6.36. The molecule has 2 heterocycles. The minimum atomic E-state index is -0.0379. The molecule has 4 heteroatoms. The topological polar surface area (TPSA) is 45.2 Å². The molecule has 3 aromatic rings. The molecular formula is C16H16N2OS. The van der Waals surface area contributed by atoms with Crippen molar-refractivity contribution in [2.45, 2.75) is 27.7 Å². The van der Waals surface area contributed by atoms with Gasteiger partial charge in [-0.15, -0.1) is 11.3 Å². The fourth-order valence-electron chi connectivity index (χ4n) is 2.71. The van der Waals surface area contributed by atoms with Crippen molar-refractivity contribution in [2.75, 3.05) is 0 Å². The number of nitrogens with one attached hydrogen (secondary N) is 1. The number of benzene rings is 1. The van der Waals surface area contributed by atoms with Crippen molar-refractivity contribution in [3.05, 3.63) is 38.7 Å². The van der Waals surface area contributed by atoms with Crippen molar-refractivity contribution in [3.63, 3.8) is 0 Å². The summed E-state index contributed by atoms with van der Waals surface area (Å²) in [5.74, 6) is 0. The summed E-state index contributed by atoms with van der Waals surface area (Å²) < 4.78 is 1.93. The van der Waals surface area contributed by atoms with Gasteiger partial charge in [-0.05, 0) is 56.7 Å². The first kappa shape index (κ1) is 13.1. The molecular weight excluding hydrogens is 268 g/mol. The van der Waals surface area contributed by atoms with E-state index in [1.54, 1.807) is 17.5 Å². The summed E-state index contributed by atoms with van der Waals surface area (Å²) >= 11 is 1.55. The van der Waals surface area contributed by atoms with Crippen LogP contribution in [-0.4, -0.2) is 11.7 Å². The van der Waals surface area contributed by atoms with E-state index in [0.717, 1.165) is 10.2 Å². The van der Waals surface area contributed by atoms with E-state index in [0.29, 0.717) is 5.69 Å². The highest BCUT2D eigenvalue weighted by molar-refractivity contribution is 7.26. The van der Waals surface area contributed by atoms with Gasteiger partial charge in [0.1, 0.15) is 10.4 Å². The zero-order chi connectivity index (χ0) is 14.6. The molecule has 0 unspecified atom stereocenters. The molecule has 0 radical (unpaired) electrons. The maximum atomic E-state index is 12.4. The van der Waals surface area contributed by atoms with Gasteiger partial charge in [0.05, 0.1) is 5.52 Å². The number of rotatable bonds is 1. The Kier molecular flexibility index (Phi) is 2.80. The van der Waals surface area contributed by atoms with E-state index < -0.39 is 0 Å². The van der Waals surface area contributed by atoms with Crippen molar-refractivity contribution in [3.8, 4) is 0 Å². The minimum absolute atomic E-state index is 0.0379. The van der Waals surface area contributed by atoms with Crippen LogP contribution in [0.3, 0.4) is 0 Å². The van der Waals surface area contributed by atoms with Gasteiger partial charge in [0.25, 0.3) is 0 Å². The first-order valence-electron chi connectivity index (χ1n) is 6.48. The molecule has 0 aliphatic heterocycles. The Morgan fingerprint density at radius 3 is 2.35 bits per heavy atom. The average molecular weight is 284 g/mol. The summed E-state index contributed by atoms with van der Waals surface area (Å²) in [6, 6.07) is 0. The van der Waals surface area contributed by atoms with E-state index in [1.807, 2.05) is 0 Å². The first-order chi connectivity index (χ1) is 9.47. The Morgan fingerprint density at radius 1 is 1.05 bits per heavy atom. The van der Waals surface area contributed by atoms with Crippen LogP contribution in [0.5, 0.6) is 0 Å². The number of thiophene rings is 1. The molecule has 0 aliphatic rings. The van der Waals surface area contributed by atoms with Crippen molar-refractivity contribution >= 4 is 44.0 Å². The molecule has 3 rings (SSSR count). The lowest BCUT2D eigenvalue weighted by Gasteiger charge is -2.10. The van der Waals surface area contributed by atoms with Crippen molar-refractivity contribution < 1.29 is 0 Å². The number of hydrogen-bond donors (Lipinski definition) is 1. The molecule has 2 aromatic heterocycles. The predicted octanol–water partition coefficient (Wildman–Crippen LogP) is 4.31. The van der Waals surface area contributed by atoms with Gasteiger partial charge < -0.3 is 4.98 Å². The third-order valence-corrected chi connectivity index (χ3v) is 5.58. The lowest BCUT2D eigenvalue weighted by atomic mass is 9.96. The summed E-state index contributed by atoms with van der Waals surface area (Å²) in [4.78, 5) is 19.4. The number of nitrogens with zero attached hydrogens (tertiary/aromatic N) is 1. The minimum Gasteiger partial charge on any atom is -0.358 e. The molecule has 0 saturated carbocycles. The standard InChI is InChI=1S/C16H16N2OS/c1-7-8(2)10(4)15-12(9(7)3)13-16(20-15)14(19)11(17-5)6-18-13/h6H,5H2,1-4H3,(H,18,19). The van der Waals surface area contributed by atoms with E-state index in [9.17, 15) is 4.79 Å². The van der Waals surface area contributed by atoms with Gasteiger partial charge >= 0.3 is 0 Å². The van der Waals surface area contributed by atoms with Crippen LogP contribution >= 0.6 is 11.3 Å². The third-order valence-electron chi connectivity index (χ3n) is 4.27. The van der Waals surface area contributed by atoms with Crippen molar-refractivity contribution in [1.82, 2.24) is 4.98 Å². The largest absolute Gasteiger partial charge is 0.358 e. The fraction of sp³-hybridized carbons (Fsp3) is 0.250. The number of aromatic amines is 1. The Labute approximate surface area is 121 Å². The third kappa shape index (κ3) is 1.51. The lowest BCUT2D eigenvalue weighted by Crippen LogP contribution is -1.99. The van der Waals surface area contributed by atoms with Crippen LogP contribution in [0.15, 0.2) is 16.0 Å². The highest BCUT2D eigenvalue weighted by Gasteiger charge is 2.17. The Bertz CT molecular complexity index is 931. The van der Waals surface area contributed by atoms with Crippen LogP contribution in [0.1, 0.15) is 22.3 Å². The van der Waals surface area contributed by atoms with Crippen LogP contribution in [0, 0.1) is 27.7 Å². The zero-order valence-corrected chi connectivity index (χ0v) is 12.9. The van der Waals surface area contributed by atoms with Gasteiger partial charge in [-0.3, -0.25) is 9.79 Å². The van der Waals surface area contributed by atoms with E-state index in [4.69, 9.17) is 0 Å². The van der Waals surface area contributed by atoms with Gasteiger partial charge in [-0.25, -0.2) is 0 Å². The highest BCUT2D eigenvalue weighted by Crippen LogP contribution is 2.38. The Morgan fingerprint density at radius 2 is 1.70 bits per heavy atom. The van der Waals surface area contributed by atoms with Gasteiger partial charge in [0, 0.05) is 16.3 Å². The van der Waals surface area contributed by atoms with Crippen LogP contribution in [-0.2, 0) is 0 Å². The number of aromatic nitrogens is 1. The molecule has 3 nitrogen and oxygen atoms in total. The molecule has 0 spiro atoms. The lowest BCUT2D eigenvalue weighted by molar-refractivity contribution is 1.26. The van der Waals surface area contributed by atoms with Crippen LogP contribution in [0.25, 0.3) is 20.3 Å². The highest BCUT2D eigenvalue weighted by atomic mass is 32.1. The molecule has 0 bridgehead atoms. The van der Waals surface area contributed by atoms with Gasteiger partial charge in [0.15, 0.2) is 0 Å². The van der Waals surface area contributed by atoms with Crippen molar-refractivity contribution in [2.24, 2.45) is 4.99 Å². The van der Waals surface area contributed by atoms with E-state index in [1.165, 1.54) is 32.3 Å². The summed E-state index contributed by atoms with van der Waals surface area (Å²) in [6.45, 7) is 12.0. The number of H-pyrrole nitrogens is 1. The number of hydrogen-bond acceptors (Lipinski definition) is 3. The normalized spacial score (nSPS) is 11.4. The quantitative estimate of drug-likeness (QED) is 0.665. The summed E-state index contributed by atoms with van der Waals surface area (Å²) in [7, 11) is 0. The maximum absolute atomic E-state index is 12.4.